The fraction of sp³-hybridized carbons (Fsp3) is 0.275. The maximum atomic E-state index is 14.0. The number of amides is 2. The minimum absolute atomic E-state index is 0.404. The smallest absolute Gasteiger partial charge is 0.408 e. The molecule has 4 aliphatic rings. The highest BCUT2D eigenvalue weighted by molar-refractivity contribution is 7.98. The van der Waals surface area contributed by atoms with Gasteiger partial charge in [-0.05, 0) is 60.4 Å². The van der Waals surface area contributed by atoms with E-state index in [0.717, 1.165) is 64.9 Å². The van der Waals surface area contributed by atoms with Gasteiger partial charge in [-0.15, -0.1) is 23.5 Å². The van der Waals surface area contributed by atoms with Gasteiger partial charge in [0.05, 0.1) is 0 Å². The number of benzene rings is 4. The van der Waals surface area contributed by atoms with Crippen molar-refractivity contribution in [2.45, 2.75) is 78.6 Å². The number of aromatic hydroxyl groups is 1. The highest BCUT2D eigenvalue weighted by Gasteiger charge is 2.50. The molecular weight excluding hydrogens is 1070 g/mol. The van der Waals surface area contributed by atoms with Gasteiger partial charge >= 0.3 is 18.3 Å². The predicted molar refractivity (Wildman–Crippen MR) is 268 cm³/mol. The molecule has 2 aromatic heterocycles. The first-order valence-electron chi connectivity index (χ1n) is 22.8. The quantitative estimate of drug-likeness (QED) is 0.0922. The maximum absolute atomic E-state index is 14.0. The van der Waals surface area contributed by atoms with Gasteiger partial charge in [0, 0.05) is 73.9 Å². The zero-order valence-corrected chi connectivity index (χ0v) is 42.7. The first-order chi connectivity index (χ1) is 35.6. The second-order valence-electron chi connectivity index (χ2n) is 17.6. The average Bonchev–Trinajstić information content (AvgIpc) is 3.65. The lowest BCUT2D eigenvalue weighted by Gasteiger charge is -2.46. The third kappa shape index (κ3) is 10.00. The fourth-order valence-electron chi connectivity index (χ4n) is 9.32. The van der Waals surface area contributed by atoms with Crippen molar-refractivity contribution in [3.8, 4) is 11.5 Å². The van der Waals surface area contributed by atoms with E-state index in [2.05, 4.69) is 0 Å². The van der Waals surface area contributed by atoms with Crippen molar-refractivity contribution in [1.82, 2.24) is 19.2 Å². The number of carbonyl (C=O) groups is 3. The van der Waals surface area contributed by atoms with Gasteiger partial charge in [-0.25, -0.2) is 0 Å². The molecule has 4 atom stereocenters. The standard InChI is InChI=1S/C27H23ClF3N3O5S.C24H19ClF3N3O3S/c1-15(27(29,30)31)32-13-34(33-11-10-20(36)25(24(33)26(32)37)39-14-38-16(2)35)23-18-7-3-4-9-21(18)40-12-17-6-5-8-19(28)22(17)23;1-13(24(26,27)28)29-12-31(30-10-9-17(32)22(33)21(30)23(29)34)20-15-6-2-3-8-18(15)35-11-14-5-4-7-16(25)19(14)20/h3-11,15,23H,12-14H2,1-2H3;2-10,13,20,33H,11-12H2,1H3/t15-,23-;13-,20-/m11/s1. The molecule has 0 bridgehead atoms. The van der Waals surface area contributed by atoms with Crippen LogP contribution in [0, 0.1) is 0 Å². The number of fused-ring (bicyclic) bond motifs is 6. The largest absolute Gasteiger partial charge is 0.502 e. The van der Waals surface area contributed by atoms with Crippen molar-refractivity contribution in [2.75, 3.05) is 30.1 Å². The van der Waals surface area contributed by atoms with Crippen LogP contribution in [0.1, 0.15) is 87.2 Å². The van der Waals surface area contributed by atoms with Gasteiger partial charge in [-0.2, -0.15) is 26.3 Å². The maximum Gasteiger partial charge on any atom is 0.408 e. The van der Waals surface area contributed by atoms with E-state index in [-0.39, 0.29) is 0 Å². The van der Waals surface area contributed by atoms with Crippen LogP contribution in [-0.4, -0.2) is 86.6 Å². The number of rotatable bonds is 7. The second kappa shape index (κ2) is 20.8. The third-order valence-corrected chi connectivity index (χ3v) is 16.1. The number of aromatic nitrogens is 2. The van der Waals surface area contributed by atoms with Gasteiger partial charge in [0.15, 0.2) is 17.1 Å². The van der Waals surface area contributed by atoms with E-state index in [0.29, 0.717) is 42.5 Å². The van der Waals surface area contributed by atoms with Crippen LogP contribution in [0.15, 0.2) is 129 Å². The summed E-state index contributed by atoms with van der Waals surface area (Å²) in [5.41, 5.74) is 2.09. The molecule has 1 N–H and O–H groups in total. The Kier molecular flexibility index (Phi) is 14.7. The summed E-state index contributed by atoms with van der Waals surface area (Å²) in [6, 6.07) is 22.2. The van der Waals surface area contributed by atoms with Gasteiger partial charge in [-0.1, -0.05) is 83.9 Å². The Bertz CT molecular complexity index is 3380. The van der Waals surface area contributed by atoms with Gasteiger partial charge in [0.2, 0.25) is 23.4 Å². The Morgan fingerprint density at radius 3 is 1.56 bits per heavy atom. The molecule has 6 heterocycles. The van der Waals surface area contributed by atoms with Crippen LogP contribution in [0.3, 0.4) is 0 Å². The molecule has 392 valence electrons. The number of halogens is 8. The summed E-state index contributed by atoms with van der Waals surface area (Å²) < 4.78 is 96.2. The molecule has 10 rings (SSSR count). The number of esters is 1. The van der Waals surface area contributed by atoms with Crippen molar-refractivity contribution in [3.05, 3.63) is 185 Å². The number of carbonyl (C=O) groups excluding carboxylic acids is 3. The molecule has 6 aromatic rings. The van der Waals surface area contributed by atoms with Gasteiger partial charge in [0.1, 0.15) is 37.5 Å². The Balaban J connectivity index is 0.000000185. The van der Waals surface area contributed by atoms with Crippen molar-refractivity contribution < 1.29 is 55.3 Å². The molecule has 0 unspecified atom stereocenters. The summed E-state index contributed by atoms with van der Waals surface area (Å²) in [5.74, 6) is -3.15. The zero-order chi connectivity index (χ0) is 53.8. The van der Waals surface area contributed by atoms with Crippen molar-refractivity contribution in [2.24, 2.45) is 0 Å². The molecule has 4 aliphatic heterocycles. The normalized spacial score (nSPS) is 17.9. The lowest BCUT2D eigenvalue weighted by Crippen LogP contribution is -2.60. The molecule has 75 heavy (non-hydrogen) atoms. The number of alkyl halides is 6. The minimum atomic E-state index is -4.76. The minimum Gasteiger partial charge on any atom is -0.502 e. The Hall–Kier alpha value is -6.75. The lowest BCUT2D eigenvalue weighted by atomic mass is 9.94. The SMILES string of the molecule is CC(=O)OCOc1c2n(ccc1=O)N([C@@H]1c3ccccc3SCc3cccc(Cl)c31)CN([C@H](C)C(F)(F)F)C2=O.C[C@@H](N1CN([C@@H]2c3ccccc3SCc3cccc(Cl)c32)n2ccc(=O)c(O)c2C1=O)C(F)(F)F. The van der Waals surface area contributed by atoms with E-state index in [1.807, 2.05) is 66.7 Å². The molecular formula is C51H42Cl2F6N6O8S2. The molecule has 14 nitrogen and oxygen atoms in total. The fourth-order valence-corrected chi connectivity index (χ4v) is 12.1. The van der Waals surface area contributed by atoms with Gasteiger partial charge in [-0.3, -0.25) is 43.3 Å². The van der Waals surface area contributed by atoms with E-state index < -0.39 is 108 Å². The Morgan fingerprint density at radius 2 is 1.09 bits per heavy atom. The van der Waals surface area contributed by atoms with Crippen LogP contribution in [0.25, 0.3) is 0 Å². The average molecular weight is 1120 g/mol. The van der Waals surface area contributed by atoms with Crippen LogP contribution in [0.5, 0.6) is 11.5 Å². The summed E-state index contributed by atoms with van der Waals surface area (Å²) in [7, 11) is 0. The molecule has 24 heteroatoms. The van der Waals surface area contributed by atoms with Crippen molar-refractivity contribution in [3.63, 3.8) is 0 Å². The first-order valence-corrected chi connectivity index (χ1v) is 25.5. The molecule has 0 radical (unpaired) electrons. The highest BCUT2D eigenvalue weighted by atomic mass is 35.5. The Labute approximate surface area is 441 Å². The lowest BCUT2D eigenvalue weighted by molar-refractivity contribution is -0.173. The summed E-state index contributed by atoms with van der Waals surface area (Å²) in [6.07, 6.45) is -6.87. The van der Waals surface area contributed by atoms with Crippen LogP contribution in [0.2, 0.25) is 10.0 Å². The van der Waals surface area contributed by atoms with Crippen molar-refractivity contribution in [1.29, 1.82) is 0 Å². The molecule has 0 aliphatic carbocycles. The van der Waals surface area contributed by atoms with Crippen molar-refractivity contribution >= 4 is 64.5 Å². The van der Waals surface area contributed by atoms with E-state index in [1.165, 1.54) is 26.8 Å². The van der Waals surface area contributed by atoms with E-state index >= 15 is 0 Å². The number of hydrogen-bond donors (Lipinski definition) is 1. The monoisotopic (exact) mass is 1110 g/mol. The topological polar surface area (TPSA) is 147 Å². The summed E-state index contributed by atoms with van der Waals surface area (Å²) >= 11 is 16.6. The predicted octanol–water partition coefficient (Wildman–Crippen LogP) is 10.0. The second-order valence-corrected chi connectivity index (χ2v) is 20.4. The third-order valence-electron chi connectivity index (χ3n) is 13.1. The van der Waals surface area contributed by atoms with E-state index in [1.54, 1.807) is 46.7 Å². The molecule has 4 aromatic carbocycles. The van der Waals surface area contributed by atoms with Gasteiger partial charge < -0.3 is 24.4 Å². The van der Waals surface area contributed by atoms with Crippen LogP contribution in [0.4, 0.5) is 26.3 Å². The summed E-state index contributed by atoms with van der Waals surface area (Å²) in [5, 5.41) is 14.4. The highest BCUT2D eigenvalue weighted by Crippen LogP contribution is 2.48. The van der Waals surface area contributed by atoms with Gasteiger partial charge in [0.25, 0.3) is 11.8 Å². The summed E-state index contributed by atoms with van der Waals surface area (Å²) in [6.45, 7) is 1.24. The Morgan fingerprint density at radius 1 is 0.653 bits per heavy atom. The molecule has 0 saturated carbocycles. The number of thioether (sulfide) groups is 2. The zero-order valence-electron chi connectivity index (χ0n) is 39.6. The molecule has 0 saturated heterocycles. The van der Waals surface area contributed by atoms with E-state index in [9.17, 15) is 55.4 Å². The van der Waals surface area contributed by atoms with Crippen LogP contribution in [-0.2, 0) is 21.0 Å². The molecule has 0 spiro atoms. The van der Waals surface area contributed by atoms with Crippen LogP contribution >= 0.6 is 46.7 Å². The van der Waals surface area contributed by atoms with E-state index in [4.69, 9.17) is 32.7 Å². The number of hydrogen-bond acceptors (Lipinski definition) is 12. The number of ether oxygens (including phenoxy) is 2. The number of pyridine rings is 2. The van der Waals surface area contributed by atoms with Crippen LogP contribution < -0.4 is 25.6 Å². The first kappa shape index (κ1) is 53.1. The number of nitrogens with zero attached hydrogens (tertiary/aromatic N) is 6. The molecule has 0 fully saturated rings. The molecule has 2 amide bonds. The summed E-state index contributed by atoms with van der Waals surface area (Å²) in [4.78, 5) is 66.2.